The maximum Gasteiger partial charge on any atom is 0.306 e. The van der Waals surface area contributed by atoms with Crippen LogP contribution in [0.15, 0.2) is 72.9 Å². The molecule has 0 aromatic rings. The van der Waals surface area contributed by atoms with Gasteiger partial charge in [0.1, 0.15) is 13.2 Å². The van der Waals surface area contributed by atoms with Gasteiger partial charge >= 0.3 is 17.9 Å². The largest absolute Gasteiger partial charge is 0.462 e. The van der Waals surface area contributed by atoms with Crippen LogP contribution in [0.2, 0.25) is 0 Å². The minimum Gasteiger partial charge on any atom is -0.462 e. The highest BCUT2D eigenvalue weighted by atomic mass is 16.6. The summed E-state index contributed by atoms with van der Waals surface area (Å²) in [6.45, 7) is 6.48. The van der Waals surface area contributed by atoms with Crippen LogP contribution in [0.5, 0.6) is 0 Å². The molecule has 0 amide bonds. The molecule has 0 rings (SSSR count). The second-order valence-corrected chi connectivity index (χ2v) is 17.8. The molecule has 0 fully saturated rings. The van der Waals surface area contributed by atoms with Crippen LogP contribution in [0.1, 0.15) is 258 Å². The van der Waals surface area contributed by atoms with E-state index in [1.807, 2.05) is 0 Å². The molecule has 0 aliphatic rings. The monoisotopic (exact) mass is 893 g/mol. The van der Waals surface area contributed by atoms with Crippen molar-refractivity contribution in [3.63, 3.8) is 0 Å². The van der Waals surface area contributed by atoms with Crippen LogP contribution in [0.25, 0.3) is 0 Å². The predicted molar refractivity (Wildman–Crippen MR) is 274 cm³/mol. The molecule has 1 atom stereocenters. The lowest BCUT2D eigenvalue weighted by Gasteiger charge is -2.18. The van der Waals surface area contributed by atoms with Gasteiger partial charge in [-0.3, -0.25) is 14.4 Å². The van der Waals surface area contributed by atoms with E-state index in [4.69, 9.17) is 14.2 Å². The number of carbonyl (C=O) groups is 3. The summed E-state index contributed by atoms with van der Waals surface area (Å²) in [4.78, 5) is 38.0. The predicted octanol–water partition coefficient (Wildman–Crippen LogP) is 17.8. The lowest BCUT2D eigenvalue weighted by atomic mass is 10.1. The van der Waals surface area contributed by atoms with Gasteiger partial charge in [-0.2, -0.15) is 0 Å². The zero-order valence-corrected chi connectivity index (χ0v) is 42.0. The van der Waals surface area contributed by atoms with Crippen molar-refractivity contribution in [3.8, 4) is 0 Å². The molecule has 64 heavy (non-hydrogen) atoms. The summed E-state index contributed by atoms with van der Waals surface area (Å²) >= 11 is 0. The standard InChI is InChI=1S/C58H100O6/c1-4-7-10-13-16-19-22-24-26-28-29-31-32-34-36-39-42-45-48-51-57(60)63-54-55(53-62-56(59)50-47-44-41-38-21-18-15-12-9-6-3)64-58(61)52-49-46-43-40-37-35-33-30-27-25-23-20-17-14-11-8-5-2/h7,10,16,19,24-27,29,31,34,36,55H,4-6,8-9,11-15,17-18,20-23,28,30,32-33,35,37-54H2,1-3H3/b10-7-,19-16-,26-24-,27-25-,31-29-,36-34-. The number of hydrogen-bond donors (Lipinski definition) is 0. The zero-order valence-electron chi connectivity index (χ0n) is 42.0. The Labute approximate surface area is 395 Å². The summed E-state index contributed by atoms with van der Waals surface area (Å²) in [5.74, 6) is -0.921. The van der Waals surface area contributed by atoms with E-state index in [9.17, 15) is 14.4 Å². The lowest BCUT2D eigenvalue weighted by molar-refractivity contribution is -0.167. The topological polar surface area (TPSA) is 78.9 Å². The second kappa shape index (κ2) is 52.5. The third kappa shape index (κ3) is 49.9. The van der Waals surface area contributed by atoms with E-state index in [0.717, 1.165) is 96.3 Å². The minimum absolute atomic E-state index is 0.0862. The SMILES string of the molecule is CC/C=C\C/C=C\C/C=C\C/C=C\C/C=C\CCCCCC(=O)OCC(COC(=O)CCCCCCCCCCCC)OC(=O)CCCCCCCCC/C=C\CCCCCCCC. The summed E-state index contributed by atoms with van der Waals surface area (Å²) in [5.41, 5.74) is 0. The van der Waals surface area contributed by atoms with Crippen molar-refractivity contribution in [1.29, 1.82) is 0 Å². The van der Waals surface area contributed by atoms with Gasteiger partial charge < -0.3 is 14.2 Å². The van der Waals surface area contributed by atoms with Gasteiger partial charge in [-0.05, 0) is 89.9 Å². The van der Waals surface area contributed by atoms with Crippen molar-refractivity contribution in [2.24, 2.45) is 0 Å². The first-order valence-corrected chi connectivity index (χ1v) is 26.9. The summed E-state index contributed by atoms with van der Waals surface area (Å²) in [6, 6.07) is 0. The van der Waals surface area contributed by atoms with Crippen LogP contribution in [0.4, 0.5) is 0 Å². The maximum atomic E-state index is 12.8. The summed E-state index contributed by atoms with van der Waals surface area (Å²) in [5, 5.41) is 0. The molecule has 0 heterocycles. The van der Waals surface area contributed by atoms with Crippen LogP contribution in [-0.2, 0) is 28.6 Å². The summed E-state index contributed by atoms with van der Waals surface area (Å²) < 4.78 is 16.8. The molecular weight excluding hydrogens is 793 g/mol. The molecule has 0 aliphatic carbocycles. The Balaban J connectivity index is 4.40. The van der Waals surface area contributed by atoms with E-state index in [0.29, 0.717) is 19.3 Å². The quantitative estimate of drug-likeness (QED) is 0.0262. The van der Waals surface area contributed by atoms with Crippen LogP contribution < -0.4 is 0 Å². The van der Waals surface area contributed by atoms with E-state index in [1.165, 1.54) is 122 Å². The van der Waals surface area contributed by atoms with Gasteiger partial charge in [-0.1, -0.05) is 222 Å². The molecular formula is C58H100O6. The van der Waals surface area contributed by atoms with Crippen molar-refractivity contribution in [1.82, 2.24) is 0 Å². The molecule has 0 spiro atoms. The Kier molecular flexibility index (Phi) is 49.9. The molecule has 0 saturated carbocycles. The highest BCUT2D eigenvalue weighted by molar-refractivity contribution is 5.71. The van der Waals surface area contributed by atoms with E-state index < -0.39 is 6.10 Å². The molecule has 0 N–H and O–H groups in total. The highest BCUT2D eigenvalue weighted by Gasteiger charge is 2.19. The molecule has 6 nitrogen and oxygen atoms in total. The van der Waals surface area contributed by atoms with E-state index in [-0.39, 0.29) is 31.1 Å². The first-order chi connectivity index (χ1) is 31.5. The molecule has 0 aromatic carbocycles. The number of unbranched alkanes of at least 4 members (excludes halogenated alkanes) is 25. The third-order valence-electron chi connectivity index (χ3n) is 11.4. The molecule has 0 bridgehead atoms. The van der Waals surface area contributed by atoms with Gasteiger partial charge in [0.2, 0.25) is 0 Å². The average Bonchev–Trinajstić information content (AvgIpc) is 3.29. The Hall–Kier alpha value is -3.15. The van der Waals surface area contributed by atoms with Crippen LogP contribution in [0.3, 0.4) is 0 Å². The molecule has 0 saturated heterocycles. The van der Waals surface area contributed by atoms with Crippen molar-refractivity contribution in [2.75, 3.05) is 13.2 Å². The fourth-order valence-electron chi connectivity index (χ4n) is 7.40. The smallest absolute Gasteiger partial charge is 0.306 e. The molecule has 0 radical (unpaired) electrons. The van der Waals surface area contributed by atoms with E-state index >= 15 is 0 Å². The number of esters is 3. The Morgan fingerprint density at radius 1 is 0.328 bits per heavy atom. The first-order valence-electron chi connectivity index (χ1n) is 26.9. The lowest BCUT2D eigenvalue weighted by Crippen LogP contribution is -2.30. The van der Waals surface area contributed by atoms with E-state index in [1.54, 1.807) is 0 Å². The number of carbonyl (C=O) groups excluding carboxylic acids is 3. The molecule has 368 valence electrons. The second-order valence-electron chi connectivity index (χ2n) is 17.8. The number of rotatable bonds is 48. The van der Waals surface area contributed by atoms with Crippen molar-refractivity contribution >= 4 is 17.9 Å². The average molecular weight is 893 g/mol. The fraction of sp³-hybridized carbons (Fsp3) is 0.741. The molecule has 0 aliphatic heterocycles. The van der Waals surface area contributed by atoms with Crippen LogP contribution >= 0.6 is 0 Å². The van der Waals surface area contributed by atoms with Crippen molar-refractivity contribution in [3.05, 3.63) is 72.9 Å². The van der Waals surface area contributed by atoms with E-state index in [2.05, 4.69) is 93.7 Å². The normalized spacial score (nSPS) is 12.6. The zero-order chi connectivity index (χ0) is 46.5. The van der Waals surface area contributed by atoms with Gasteiger partial charge in [0.25, 0.3) is 0 Å². The van der Waals surface area contributed by atoms with Crippen molar-refractivity contribution < 1.29 is 28.6 Å². The maximum absolute atomic E-state index is 12.8. The van der Waals surface area contributed by atoms with Gasteiger partial charge in [-0.25, -0.2) is 0 Å². The van der Waals surface area contributed by atoms with Crippen LogP contribution in [0, 0.1) is 0 Å². The van der Waals surface area contributed by atoms with Gasteiger partial charge in [0.05, 0.1) is 0 Å². The minimum atomic E-state index is -0.789. The fourth-order valence-corrected chi connectivity index (χ4v) is 7.40. The number of allylic oxidation sites excluding steroid dienone is 12. The van der Waals surface area contributed by atoms with Gasteiger partial charge in [-0.15, -0.1) is 0 Å². The number of hydrogen-bond acceptors (Lipinski definition) is 6. The van der Waals surface area contributed by atoms with Gasteiger partial charge in [0.15, 0.2) is 6.10 Å². The Bertz CT molecular complexity index is 1210. The molecule has 6 heteroatoms. The molecule has 0 aromatic heterocycles. The Morgan fingerprint density at radius 2 is 0.609 bits per heavy atom. The van der Waals surface area contributed by atoms with Crippen LogP contribution in [-0.4, -0.2) is 37.2 Å². The summed E-state index contributed by atoms with van der Waals surface area (Å²) in [6.07, 6.45) is 66.0. The molecule has 1 unspecified atom stereocenters. The van der Waals surface area contributed by atoms with Crippen molar-refractivity contribution in [2.45, 2.75) is 264 Å². The number of ether oxygens (including phenoxy) is 3. The van der Waals surface area contributed by atoms with Gasteiger partial charge in [0, 0.05) is 19.3 Å². The summed E-state index contributed by atoms with van der Waals surface area (Å²) in [7, 11) is 0. The third-order valence-corrected chi connectivity index (χ3v) is 11.4. The first kappa shape index (κ1) is 60.9. The highest BCUT2D eigenvalue weighted by Crippen LogP contribution is 2.15. The Morgan fingerprint density at radius 3 is 0.984 bits per heavy atom.